The smallest absolute Gasteiger partial charge is 0.0621 e. The molecule has 116 valence electrons. The SMILES string of the molecule is CC(C)C(CO[O-])(COP(=O)([O-])[O-])COP(=O)([O-])[O-]. The molecule has 0 radical (unpaired) electrons. The van der Waals surface area contributed by atoms with Gasteiger partial charge in [-0.1, -0.05) is 13.8 Å². The number of phosphoric acid groups is 2. The van der Waals surface area contributed by atoms with E-state index in [-0.39, 0.29) is 0 Å². The first kappa shape index (κ1) is 19.1. The van der Waals surface area contributed by atoms with Crippen LogP contribution < -0.4 is 24.8 Å². The Balaban J connectivity index is 4.97. The van der Waals surface area contributed by atoms with Crippen LogP contribution in [-0.4, -0.2) is 19.8 Å². The summed E-state index contributed by atoms with van der Waals surface area (Å²) in [6.45, 7) is 0.582. The maximum Gasteiger partial charge on any atom is 0.0621 e. The molecule has 0 aliphatic carbocycles. The first-order chi connectivity index (χ1) is 8.42. The van der Waals surface area contributed by atoms with Crippen molar-refractivity contribution in [3.05, 3.63) is 0 Å². The lowest BCUT2D eigenvalue weighted by molar-refractivity contribution is -0.694. The van der Waals surface area contributed by atoms with E-state index >= 15 is 0 Å². The predicted octanol–water partition coefficient (Wildman–Crippen LogP) is -3.39. The van der Waals surface area contributed by atoms with Crippen LogP contribution in [0.1, 0.15) is 13.8 Å². The normalized spacial score (nSPS) is 14.1. The fourth-order valence-corrected chi connectivity index (χ4v) is 1.99. The number of phosphoric ester groups is 2. The second kappa shape index (κ2) is 7.24. The molecule has 0 aromatic carbocycles. The van der Waals surface area contributed by atoms with Crippen molar-refractivity contribution < 1.29 is 47.9 Å². The molecule has 10 nitrogen and oxygen atoms in total. The highest BCUT2D eigenvalue weighted by Gasteiger charge is 2.35. The minimum Gasteiger partial charge on any atom is -0.790 e. The predicted molar refractivity (Wildman–Crippen MR) is 50.3 cm³/mol. The molecule has 0 bridgehead atoms. The second-order valence-electron chi connectivity index (χ2n) is 4.22. The van der Waals surface area contributed by atoms with E-state index in [0.717, 1.165) is 0 Å². The Bertz CT molecular complexity index is 331. The van der Waals surface area contributed by atoms with Crippen LogP contribution in [0.4, 0.5) is 0 Å². The van der Waals surface area contributed by atoms with Crippen LogP contribution in [0, 0.1) is 11.3 Å². The quantitative estimate of drug-likeness (QED) is 0.236. The van der Waals surface area contributed by atoms with Gasteiger partial charge in [0.2, 0.25) is 0 Å². The van der Waals surface area contributed by atoms with Crippen LogP contribution in [0.3, 0.4) is 0 Å². The molecule has 0 aromatic rings. The molecule has 0 heterocycles. The third kappa shape index (κ3) is 8.11. The highest BCUT2D eigenvalue weighted by atomic mass is 31.2. The van der Waals surface area contributed by atoms with Crippen molar-refractivity contribution in [1.29, 1.82) is 0 Å². The maximum atomic E-state index is 10.4. The maximum absolute atomic E-state index is 10.4. The standard InChI is InChI=1S/C7H18O10P2/c1-6(2)7(3-15-8,4-16-18(9,10)11)5-17-19(12,13)14/h6,8H,3-5H2,1-2H3,(H2,9,10,11)(H2,12,13,14)/p-5. The average molecular weight is 319 g/mol. The van der Waals surface area contributed by atoms with Crippen LogP contribution in [-0.2, 0) is 23.1 Å². The van der Waals surface area contributed by atoms with Gasteiger partial charge in [-0.2, -0.15) is 0 Å². The fourth-order valence-electron chi connectivity index (χ4n) is 1.16. The van der Waals surface area contributed by atoms with Crippen molar-refractivity contribution in [2.75, 3.05) is 19.8 Å². The zero-order chi connectivity index (χ0) is 15.3. The van der Waals surface area contributed by atoms with Crippen LogP contribution in [0.5, 0.6) is 0 Å². The molecule has 0 amide bonds. The second-order valence-corrected chi connectivity index (χ2v) is 6.53. The molecule has 0 N–H and O–H groups in total. The molecule has 12 heteroatoms. The lowest BCUT2D eigenvalue weighted by Crippen LogP contribution is -2.44. The van der Waals surface area contributed by atoms with Gasteiger partial charge in [0.25, 0.3) is 0 Å². The lowest BCUT2D eigenvalue weighted by atomic mass is 9.79. The molecule has 0 aromatic heterocycles. The van der Waals surface area contributed by atoms with Crippen molar-refractivity contribution in [2.45, 2.75) is 13.8 Å². The first-order valence-electron chi connectivity index (χ1n) is 5.00. The molecule has 0 saturated carbocycles. The van der Waals surface area contributed by atoms with E-state index in [1.165, 1.54) is 13.8 Å². The third-order valence-electron chi connectivity index (χ3n) is 2.59. The Morgan fingerprint density at radius 1 is 0.947 bits per heavy atom. The van der Waals surface area contributed by atoms with Crippen molar-refractivity contribution in [1.82, 2.24) is 0 Å². The summed E-state index contributed by atoms with van der Waals surface area (Å²) >= 11 is 0. The minimum absolute atomic E-state index is 0.570. The van der Waals surface area contributed by atoms with Crippen molar-refractivity contribution in [3.8, 4) is 0 Å². The minimum atomic E-state index is -5.33. The van der Waals surface area contributed by atoms with Gasteiger partial charge in [0, 0.05) is 12.0 Å². The number of rotatable bonds is 9. The number of hydrogen-bond acceptors (Lipinski definition) is 10. The third-order valence-corrected chi connectivity index (χ3v) is 3.48. The van der Waals surface area contributed by atoms with Gasteiger partial charge in [-0.15, -0.1) is 0 Å². The summed E-state index contributed by atoms with van der Waals surface area (Å²) in [6.07, 6.45) is 0. The van der Waals surface area contributed by atoms with E-state index in [2.05, 4.69) is 13.9 Å². The Morgan fingerprint density at radius 3 is 1.53 bits per heavy atom. The Kier molecular flexibility index (Phi) is 7.29. The van der Waals surface area contributed by atoms with Crippen LogP contribution in [0.2, 0.25) is 0 Å². The topological polar surface area (TPSA) is 177 Å². The van der Waals surface area contributed by atoms with Gasteiger partial charge in [-0.05, 0) is 5.92 Å². The van der Waals surface area contributed by atoms with Gasteiger partial charge >= 0.3 is 0 Å². The molecule has 0 spiro atoms. The van der Waals surface area contributed by atoms with Gasteiger partial charge in [0.05, 0.1) is 28.9 Å². The summed E-state index contributed by atoms with van der Waals surface area (Å²) in [4.78, 5) is 45.3. The highest BCUT2D eigenvalue weighted by molar-refractivity contribution is 7.43. The van der Waals surface area contributed by atoms with Crippen molar-refractivity contribution in [3.63, 3.8) is 0 Å². The van der Waals surface area contributed by atoms with Gasteiger partial charge < -0.3 is 47.9 Å². The molecule has 0 aliphatic rings. The van der Waals surface area contributed by atoms with Gasteiger partial charge in [-0.3, -0.25) is 0 Å². The summed E-state index contributed by atoms with van der Waals surface area (Å²) in [5.41, 5.74) is -1.56. The van der Waals surface area contributed by atoms with E-state index in [4.69, 9.17) is 0 Å². The summed E-state index contributed by atoms with van der Waals surface area (Å²) in [5, 5.41) is 10.2. The zero-order valence-corrected chi connectivity index (χ0v) is 12.0. The van der Waals surface area contributed by atoms with E-state index in [0.29, 0.717) is 0 Å². The van der Waals surface area contributed by atoms with E-state index in [1.807, 2.05) is 0 Å². The molecule has 0 rings (SSSR count). The Morgan fingerprint density at radius 2 is 1.32 bits per heavy atom. The van der Waals surface area contributed by atoms with Gasteiger partial charge in [0.15, 0.2) is 0 Å². The average Bonchev–Trinajstić information content (AvgIpc) is 2.19. The summed E-state index contributed by atoms with van der Waals surface area (Å²) < 4.78 is 28.9. The molecule has 0 aliphatic heterocycles. The highest BCUT2D eigenvalue weighted by Crippen LogP contribution is 2.38. The molecule has 19 heavy (non-hydrogen) atoms. The van der Waals surface area contributed by atoms with Crippen molar-refractivity contribution in [2.24, 2.45) is 11.3 Å². The summed E-state index contributed by atoms with van der Waals surface area (Å²) in [5.74, 6) is -0.570. The zero-order valence-electron chi connectivity index (χ0n) is 10.2. The molecular weight excluding hydrogens is 306 g/mol. The van der Waals surface area contributed by atoms with Crippen LogP contribution >= 0.6 is 15.6 Å². The first-order valence-corrected chi connectivity index (χ1v) is 7.92. The fraction of sp³-hybridized carbons (Fsp3) is 1.00. The van der Waals surface area contributed by atoms with Crippen LogP contribution in [0.15, 0.2) is 0 Å². The lowest BCUT2D eigenvalue weighted by Gasteiger charge is -2.43. The van der Waals surface area contributed by atoms with E-state index in [1.54, 1.807) is 0 Å². The monoisotopic (exact) mass is 319 g/mol. The van der Waals surface area contributed by atoms with Gasteiger partial charge in [0.1, 0.15) is 0 Å². The molecular formula is C7H13O10P2-5. The largest absolute Gasteiger partial charge is 0.790 e. The van der Waals surface area contributed by atoms with E-state index in [9.17, 15) is 34.0 Å². The van der Waals surface area contributed by atoms with Gasteiger partial charge in [-0.25, -0.2) is 0 Å². The number of hydrogen-bond donors (Lipinski definition) is 0. The van der Waals surface area contributed by atoms with Crippen LogP contribution in [0.25, 0.3) is 0 Å². The molecule has 0 atom stereocenters. The Hall–Kier alpha value is 0.140. The molecule has 0 saturated heterocycles. The van der Waals surface area contributed by atoms with Crippen molar-refractivity contribution >= 4 is 15.6 Å². The van der Waals surface area contributed by atoms with E-state index < -0.39 is 46.8 Å². The molecule has 0 unspecified atom stereocenters. The summed E-state index contributed by atoms with van der Waals surface area (Å²) in [7, 11) is -10.7. The molecule has 0 fully saturated rings. The Labute approximate surface area is 109 Å². The summed E-state index contributed by atoms with van der Waals surface area (Å²) in [6, 6.07) is 0.